The van der Waals surface area contributed by atoms with Crippen LogP contribution >= 0.6 is 0 Å². The van der Waals surface area contributed by atoms with Crippen LogP contribution in [-0.4, -0.2) is 136 Å². The summed E-state index contributed by atoms with van der Waals surface area (Å²) in [6.07, 6.45) is -3.54. The van der Waals surface area contributed by atoms with Gasteiger partial charge in [0.2, 0.25) is 5.91 Å². The largest absolute Gasteiger partial charge is 0.460 e. The normalized spacial score (nSPS) is 26.0. The van der Waals surface area contributed by atoms with Gasteiger partial charge in [-0.05, 0) is 73.7 Å². The summed E-state index contributed by atoms with van der Waals surface area (Å²) in [6.45, 7) is 4.22. The molecule has 2 amide bonds. The molecule has 0 bridgehead atoms. The number of fused-ring (bicyclic) bond motifs is 2. The van der Waals surface area contributed by atoms with Crippen molar-refractivity contribution in [3.63, 3.8) is 0 Å². The zero-order valence-corrected chi connectivity index (χ0v) is 37.0. The molecule has 1 spiro atoms. The number of nitrogens with one attached hydrogen (secondary N) is 2. The molecule has 66 heavy (non-hydrogen) atoms. The highest BCUT2D eigenvalue weighted by Crippen LogP contribution is 2.45. The molecule has 7 rings (SSSR count). The summed E-state index contributed by atoms with van der Waals surface area (Å²) in [5.41, 5.74) is 3.39. The van der Waals surface area contributed by atoms with Gasteiger partial charge in [0, 0.05) is 43.4 Å². The number of carbonyl (C=O) groups excluding carboxylic acids is 4. The van der Waals surface area contributed by atoms with E-state index in [4.69, 9.17) is 28.4 Å². The molecule has 17 heteroatoms. The van der Waals surface area contributed by atoms with Gasteiger partial charge in [0.05, 0.1) is 31.4 Å². The third kappa shape index (κ3) is 11.8. The Bertz CT molecular complexity index is 2260. The molecule has 9 atom stereocenters. The van der Waals surface area contributed by atoms with E-state index in [0.29, 0.717) is 35.1 Å². The molecule has 3 aromatic carbocycles. The smallest absolute Gasteiger partial charge is 0.339 e. The average Bonchev–Trinajstić information content (AvgIpc) is 3.85. The predicted molar refractivity (Wildman–Crippen MR) is 235 cm³/mol. The van der Waals surface area contributed by atoms with E-state index in [1.807, 2.05) is 24.3 Å². The van der Waals surface area contributed by atoms with Gasteiger partial charge < -0.3 is 64.6 Å². The van der Waals surface area contributed by atoms with Gasteiger partial charge in [0.1, 0.15) is 48.3 Å². The second-order valence-corrected chi connectivity index (χ2v) is 17.9. The molecule has 0 saturated carbocycles. The van der Waals surface area contributed by atoms with Crippen LogP contribution in [0, 0.1) is 0 Å². The quantitative estimate of drug-likeness (QED) is 0.102. The summed E-state index contributed by atoms with van der Waals surface area (Å²) in [4.78, 5) is 53.4. The van der Waals surface area contributed by atoms with Crippen LogP contribution in [-0.2, 0) is 57.4 Å². The van der Waals surface area contributed by atoms with E-state index in [1.54, 1.807) is 87.5 Å². The van der Waals surface area contributed by atoms with Crippen LogP contribution in [0.2, 0.25) is 0 Å². The SMILES string of the molecule is CC(C)(C)OC(=O)CC[C@@H](CO)NC(=O)c1cccc(CNC(=O)C2=C[C@H]3OC4(Cc5ccccc5C4)O[C@H]3[C@H](OC(=O)c3ccccc3C=CCO[C@H]3O[C@H](CO)[C@H](O)[C@H](O)[C@H]3O)C2)c1. The van der Waals surface area contributed by atoms with E-state index in [0.717, 1.165) is 11.1 Å². The van der Waals surface area contributed by atoms with Crippen molar-refractivity contribution in [2.75, 3.05) is 19.8 Å². The summed E-state index contributed by atoms with van der Waals surface area (Å²) in [5, 5.41) is 55.6. The Morgan fingerprint density at radius 2 is 1.62 bits per heavy atom. The van der Waals surface area contributed by atoms with Crippen LogP contribution in [0.25, 0.3) is 6.08 Å². The molecule has 2 saturated heterocycles. The maximum Gasteiger partial charge on any atom is 0.339 e. The van der Waals surface area contributed by atoms with Crippen LogP contribution in [0.5, 0.6) is 0 Å². The predicted octanol–water partition coefficient (Wildman–Crippen LogP) is 2.18. The highest BCUT2D eigenvalue weighted by molar-refractivity contribution is 5.96. The number of benzene rings is 3. The number of ether oxygens (including phenoxy) is 6. The molecule has 3 aromatic rings. The van der Waals surface area contributed by atoms with E-state index >= 15 is 0 Å². The van der Waals surface area contributed by atoms with Crippen molar-refractivity contribution < 1.29 is 73.1 Å². The number of carbonyl (C=O) groups is 4. The Morgan fingerprint density at radius 1 is 0.894 bits per heavy atom. The first kappa shape index (κ1) is 48.6. The van der Waals surface area contributed by atoms with Crippen LogP contribution in [0.4, 0.5) is 0 Å². The van der Waals surface area contributed by atoms with Gasteiger partial charge in [-0.3, -0.25) is 14.4 Å². The summed E-state index contributed by atoms with van der Waals surface area (Å²) in [7, 11) is 0. The summed E-state index contributed by atoms with van der Waals surface area (Å²) in [5.74, 6) is -3.04. The Morgan fingerprint density at radius 3 is 2.33 bits per heavy atom. The van der Waals surface area contributed by atoms with E-state index in [2.05, 4.69) is 10.6 Å². The molecular formula is C49H58N2O15. The van der Waals surface area contributed by atoms with Gasteiger partial charge in [0.15, 0.2) is 12.1 Å². The molecule has 7 N–H and O–H groups in total. The molecule has 354 valence electrons. The van der Waals surface area contributed by atoms with Crippen molar-refractivity contribution in [3.05, 3.63) is 124 Å². The number of aliphatic hydroxyl groups is 5. The minimum absolute atomic E-state index is 0.00433. The van der Waals surface area contributed by atoms with Gasteiger partial charge in [-0.15, -0.1) is 0 Å². The van der Waals surface area contributed by atoms with E-state index in [9.17, 15) is 44.7 Å². The zero-order chi connectivity index (χ0) is 47.2. The number of hydrogen-bond acceptors (Lipinski definition) is 15. The minimum Gasteiger partial charge on any atom is -0.460 e. The third-order valence-corrected chi connectivity index (χ3v) is 11.8. The molecule has 17 nitrogen and oxygen atoms in total. The summed E-state index contributed by atoms with van der Waals surface area (Å²) in [6, 6.07) is 20.6. The first-order valence-electron chi connectivity index (χ1n) is 22.1. The second kappa shape index (κ2) is 21.1. The third-order valence-electron chi connectivity index (χ3n) is 11.8. The Labute approximate surface area is 382 Å². The number of amides is 2. The number of hydrogen-bond donors (Lipinski definition) is 7. The monoisotopic (exact) mass is 914 g/mol. The standard InChI is InChI=1S/C49H58N2O15/c1-48(2,3)65-39(54)18-17-34(26-52)51-45(59)30-14-8-10-28(20-30)25-50-44(58)33-21-36(43-37(22-33)64-49(66-43)23-31-12-4-5-13-32(31)24-49)62-46(60)35-16-7-6-11-29(35)15-9-19-61-47-42(57)41(56)40(55)38(27-53)63-47/h4-16,20,22,34,36-38,40-43,47,52-53,55-57H,17-19,21,23-27H2,1-3H3,(H,50,58)(H,51,59)/t34-,36+,37+,38+,40-,41-,42+,43-,47-/m0/s1. The van der Waals surface area contributed by atoms with Crippen LogP contribution < -0.4 is 10.6 Å². The highest BCUT2D eigenvalue weighted by Gasteiger charge is 2.55. The van der Waals surface area contributed by atoms with E-state index in [1.165, 1.54) is 0 Å². The van der Waals surface area contributed by atoms with Crippen molar-refractivity contribution in [3.8, 4) is 0 Å². The van der Waals surface area contributed by atoms with Crippen molar-refractivity contribution in [1.82, 2.24) is 10.6 Å². The lowest BCUT2D eigenvalue weighted by molar-refractivity contribution is -0.298. The maximum atomic E-state index is 14.0. The molecule has 2 heterocycles. The van der Waals surface area contributed by atoms with Crippen LogP contribution in [0.1, 0.15) is 83.0 Å². The first-order valence-corrected chi connectivity index (χ1v) is 22.1. The van der Waals surface area contributed by atoms with Crippen molar-refractivity contribution >= 4 is 29.8 Å². The molecule has 0 unspecified atom stereocenters. The first-order chi connectivity index (χ1) is 31.5. The molecule has 2 aliphatic carbocycles. The number of esters is 2. The zero-order valence-electron chi connectivity index (χ0n) is 37.0. The molecule has 2 aliphatic heterocycles. The van der Waals surface area contributed by atoms with E-state index in [-0.39, 0.29) is 44.6 Å². The topological polar surface area (TPSA) is 249 Å². The number of aliphatic hydroxyl groups excluding tert-OH is 5. The lowest BCUT2D eigenvalue weighted by atomic mass is 9.91. The Kier molecular flexibility index (Phi) is 15.5. The number of rotatable bonds is 16. The Hall–Kier alpha value is -5.34. The van der Waals surface area contributed by atoms with Gasteiger partial charge in [0.25, 0.3) is 5.91 Å². The second-order valence-electron chi connectivity index (χ2n) is 17.9. The van der Waals surface area contributed by atoms with Gasteiger partial charge in [-0.25, -0.2) is 4.79 Å². The Balaban J connectivity index is 1.01. The maximum absolute atomic E-state index is 14.0. The van der Waals surface area contributed by atoms with Crippen LogP contribution in [0.15, 0.2) is 90.5 Å². The van der Waals surface area contributed by atoms with Crippen molar-refractivity contribution in [2.24, 2.45) is 0 Å². The van der Waals surface area contributed by atoms with Gasteiger partial charge in [-0.1, -0.05) is 66.7 Å². The average molecular weight is 915 g/mol. The highest BCUT2D eigenvalue weighted by atomic mass is 16.8. The van der Waals surface area contributed by atoms with E-state index < -0.39 is 96.8 Å². The fourth-order valence-corrected chi connectivity index (χ4v) is 8.50. The lowest BCUT2D eigenvalue weighted by Crippen LogP contribution is -2.59. The fourth-order valence-electron chi connectivity index (χ4n) is 8.50. The van der Waals surface area contributed by atoms with Gasteiger partial charge >= 0.3 is 11.9 Å². The molecule has 0 aromatic heterocycles. The molecule has 2 fully saturated rings. The molecule has 4 aliphatic rings. The van der Waals surface area contributed by atoms with Gasteiger partial charge in [-0.2, -0.15) is 0 Å². The van der Waals surface area contributed by atoms with Crippen molar-refractivity contribution in [2.45, 2.75) is 126 Å². The lowest BCUT2D eigenvalue weighted by Gasteiger charge is -2.39. The summed E-state index contributed by atoms with van der Waals surface area (Å²) >= 11 is 0. The van der Waals surface area contributed by atoms with Crippen molar-refractivity contribution in [1.29, 1.82) is 0 Å². The summed E-state index contributed by atoms with van der Waals surface area (Å²) < 4.78 is 35.8. The van der Waals surface area contributed by atoms with Crippen LogP contribution in [0.3, 0.4) is 0 Å². The molecule has 0 radical (unpaired) electrons. The fraction of sp³-hybridized carbons (Fsp3) is 0.469. The molecular weight excluding hydrogens is 857 g/mol. The minimum atomic E-state index is -1.59.